The van der Waals surface area contributed by atoms with Crippen molar-refractivity contribution in [3.63, 3.8) is 0 Å². The molecule has 0 saturated carbocycles. The van der Waals surface area contributed by atoms with Crippen LogP contribution in [0.2, 0.25) is 0 Å². The summed E-state index contributed by atoms with van der Waals surface area (Å²) in [4.78, 5) is 22.0. The van der Waals surface area contributed by atoms with E-state index in [1.165, 1.54) is 57.8 Å². The van der Waals surface area contributed by atoms with Gasteiger partial charge in [0.1, 0.15) is 0 Å². The molecule has 0 aliphatic heterocycles. The highest BCUT2D eigenvalue weighted by Crippen LogP contribution is 2.11. The van der Waals surface area contributed by atoms with Crippen LogP contribution in [0.4, 0.5) is 0 Å². The molecule has 0 fully saturated rings. The highest BCUT2D eigenvalue weighted by atomic mass is 16.5. The number of aliphatic carboxylic acids is 1. The Kier molecular flexibility index (Phi) is 19.4. The van der Waals surface area contributed by atoms with Crippen LogP contribution in [0.25, 0.3) is 0 Å². The lowest BCUT2D eigenvalue weighted by molar-refractivity contribution is -0.144. The zero-order chi connectivity index (χ0) is 19.3. The van der Waals surface area contributed by atoms with E-state index in [1.54, 1.807) is 0 Å². The van der Waals surface area contributed by atoms with Crippen LogP contribution in [0.3, 0.4) is 0 Å². The van der Waals surface area contributed by atoms with Gasteiger partial charge in [-0.3, -0.25) is 9.59 Å². The molecule has 0 rings (SSSR count). The molecule has 0 radical (unpaired) electrons. The maximum absolute atomic E-state index is 11.6. The second-order valence-corrected chi connectivity index (χ2v) is 7.42. The first-order valence-electron chi connectivity index (χ1n) is 11.0. The summed E-state index contributed by atoms with van der Waals surface area (Å²) in [6.07, 6.45) is 19.4. The van der Waals surface area contributed by atoms with Crippen molar-refractivity contribution in [2.75, 3.05) is 6.61 Å². The maximum atomic E-state index is 11.6. The molecule has 154 valence electrons. The summed E-state index contributed by atoms with van der Waals surface area (Å²) >= 11 is 0. The third-order valence-corrected chi connectivity index (χ3v) is 4.78. The number of carbonyl (C=O) groups is 2. The third kappa shape index (κ3) is 21.0. The van der Waals surface area contributed by atoms with Gasteiger partial charge in [0.2, 0.25) is 0 Å². The molecule has 0 unspecified atom stereocenters. The van der Waals surface area contributed by atoms with Crippen molar-refractivity contribution in [3.05, 3.63) is 0 Å². The third-order valence-electron chi connectivity index (χ3n) is 4.78. The smallest absolute Gasteiger partial charge is 0.305 e. The van der Waals surface area contributed by atoms with Gasteiger partial charge >= 0.3 is 11.9 Å². The Morgan fingerprint density at radius 1 is 0.615 bits per heavy atom. The lowest BCUT2D eigenvalue weighted by Gasteiger charge is -2.05. The average Bonchev–Trinajstić information content (AvgIpc) is 2.61. The van der Waals surface area contributed by atoms with Crippen molar-refractivity contribution >= 4 is 11.9 Å². The SMILES string of the molecule is CCCCCCCCCC(=O)OCCCCCCCCCCCC(=O)O. The van der Waals surface area contributed by atoms with E-state index in [0.29, 0.717) is 19.4 Å². The average molecular weight is 371 g/mol. The minimum absolute atomic E-state index is 0.0279. The van der Waals surface area contributed by atoms with Gasteiger partial charge in [-0.05, 0) is 19.3 Å². The van der Waals surface area contributed by atoms with Crippen molar-refractivity contribution in [1.82, 2.24) is 0 Å². The Hall–Kier alpha value is -1.06. The molecule has 0 amide bonds. The predicted molar refractivity (Wildman–Crippen MR) is 107 cm³/mol. The van der Waals surface area contributed by atoms with E-state index in [4.69, 9.17) is 9.84 Å². The molecule has 0 aromatic carbocycles. The second kappa shape index (κ2) is 20.3. The number of esters is 1. The predicted octanol–water partition coefficient (Wildman–Crippen LogP) is 6.66. The Balaban J connectivity index is 3.15. The first kappa shape index (κ1) is 24.9. The van der Waals surface area contributed by atoms with Crippen molar-refractivity contribution in [3.8, 4) is 0 Å². The Morgan fingerprint density at radius 2 is 1.04 bits per heavy atom. The Bertz CT molecular complexity index is 328. The largest absolute Gasteiger partial charge is 0.481 e. The van der Waals surface area contributed by atoms with Crippen LogP contribution >= 0.6 is 0 Å². The lowest BCUT2D eigenvalue weighted by Crippen LogP contribution is -2.05. The number of carbonyl (C=O) groups excluding carboxylic acids is 1. The zero-order valence-corrected chi connectivity index (χ0v) is 17.1. The van der Waals surface area contributed by atoms with Crippen LogP contribution < -0.4 is 0 Å². The summed E-state index contributed by atoms with van der Waals surface area (Å²) in [5.74, 6) is -0.715. The van der Waals surface area contributed by atoms with Gasteiger partial charge in [0, 0.05) is 12.8 Å². The van der Waals surface area contributed by atoms with Crippen LogP contribution in [-0.4, -0.2) is 23.7 Å². The fraction of sp³-hybridized carbons (Fsp3) is 0.909. The molecule has 0 aliphatic rings. The van der Waals surface area contributed by atoms with Gasteiger partial charge < -0.3 is 9.84 Å². The topological polar surface area (TPSA) is 63.6 Å². The fourth-order valence-corrected chi connectivity index (χ4v) is 3.10. The molecule has 0 heterocycles. The molecule has 0 atom stereocenters. The molecule has 0 aromatic heterocycles. The summed E-state index contributed by atoms with van der Waals surface area (Å²) in [5.41, 5.74) is 0. The lowest BCUT2D eigenvalue weighted by atomic mass is 10.1. The molecular formula is C22H42O4. The summed E-state index contributed by atoms with van der Waals surface area (Å²) < 4.78 is 5.29. The van der Waals surface area contributed by atoms with Gasteiger partial charge in [0.25, 0.3) is 0 Å². The van der Waals surface area contributed by atoms with Gasteiger partial charge in [0.05, 0.1) is 6.61 Å². The number of unbranched alkanes of at least 4 members (excludes halogenated alkanes) is 14. The van der Waals surface area contributed by atoms with Crippen LogP contribution in [0, 0.1) is 0 Å². The molecule has 0 aromatic rings. The summed E-state index contributed by atoms with van der Waals surface area (Å²) in [6.45, 7) is 2.80. The molecule has 4 nitrogen and oxygen atoms in total. The first-order valence-corrected chi connectivity index (χ1v) is 11.0. The molecule has 1 N–H and O–H groups in total. The van der Waals surface area contributed by atoms with E-state index in [1.807, 2.05) is 0 Å². The van der Waals surface area contributed by atoms with Crippen LogP contribution in [0.1, 0.15) is 122 Å². The van der Waals surface area contributed by atoms with E-state index in [2.05, 4.69) is 6.92 Å². The number of ether oxygens (including phenoxy) is 1. The fourth-order valence-electron chi connectivity index (χ4n) is 3.10. The molecule has 0 bridgehead atoms. The minimum Gasteiger partial charge on any atom is -0.481 e. The van der Waals surface area contributed by atoms with Gasteiger partial charge in [0.15, 0.2) is 0 Å². The molecule has 26 heavy (non-hydrogen) atoms. The van der Waals surface area contributed by atoms with Crippen molar-refractivity contribution < 1.29 is 19.4 Å². The van der Waals surface area contributed by atoms with E-state index in [0.717, 1.165) is 44.9 Å². The second-order valence-electron chi connectivity index (χ2n) is 7.42. The highest BCUT2D eigenvalue weighted by Gasteiger charge is 2.02. The number of carboxylic acid groups (broad SMARTS) is 1. The van der Waals surface area contributed by atoms with E-state index in [-0.39, 0.29) is 5.97 Å². The van der Waals surface area contributed by atoms with Gasteiger partial charge in [-0.2, -0.15) is 0 Å². The standard InChI is InChI=1S/C22H42O4/c1-2-3-4-5-9-13-16-19-22(25)26-20-17-14-11-8-6-7-10-12-15-18-21(23)24/h2-20H2,1H3,(H,23,24). The summed E-state index contributed by atoms with van der Waals surface area (Å²) in [6, 6.07) is 0. The van der Waals surface area contributed by atoms with Gasteiger partial charge in [-0.25, -0.2) is 0 Å². The quantitative estimate of drug-likeness (QED) is 0.192. The zero-order valence-electron chi connectivity index (χ0n) is 17.1. The van der Waals surface area contributed by atoms with Gasteiger partial charge in [-0.1, -0.05) is 90.4 Å². The molecule has 0 aliphatic carbocycles. The summed E-state index contributed by atoms with van der Waals surface area (Å²) in [5, 5.41) is 8.55. The monoisotopic (exact) mass is 370 g/mol. The van der Waals surface area contributed by atoms with E-state index in [9.17, 15) is 9.59 Å². The highest BCUT2D eigenvalue weighted by molar-refractivity contribution is 5.69. The normalized spacial score (nSPS) is 10.8. The Morgan fingerprint density at radius 3 is 1.54 bits per heavy atom. The maximum Gasteiger partial charge on any atom is 0.305 e. The van der Waals surface area contributed by atoms with Gasteiger partial charge in [-0.15, -0.1) is 0 Å². The number of carboxylic acids is 1. The minimum atomic E-state index is -0.687. The number of rotatable bonds is 20. The number of hydrogen-bond donors (Lipinski definition) is 1. The molecule has 4 heteroatoms. The van der Waals surface area contributed by atoms with Crippen LogP contribution in [0.5, 0.6) is 0 Å². The van der Waals surface area contributed by atoms with Crippen LogP contribution in [-0.2, 0) is 14.3 Å². The van der Waals surface area contributed by atoms with Crippen molar-refractivity contribution in [1.29, 1.82) is 0 Å². The van der Waals surface area contributed by atoms with E-state index < -0.39 is 5.97 Å². The summed E-state index contributed by atoms with van der Waals surface area (Å²) in [7, 11) is 0. The molecule has 0 saturated heterocycles. The van der Waals surface area contributed by atoms with Crippen LogP contribution in [0.15, 0.2) is 0 Å². The Labute approximate surface area is 161 Å². The molecule has 0 spiro atoms. The molecular weight excluding hydrogens is 328 g/mol. The first-order chi connectivity index (χ1) is 12.7. The number of hydrogen-bond acceptors (Lipinski definition) is 3. The van der Waals surface area contributed by atoms with E-state index >= 15 is 0 Å². The van der Waals surface area contributed by atoms with Crippen molar-refractivity contribution in [2.45, 2.75) is 122 Å². The van der Waals surface area contributed by atoms with Crippen molar-refractivity contribution in [2.24, 2.45) is 0 Å².